The summed E-state index contributed by atoms with van der Waals surface area (Å²) < 4.78 is 2.49. The maximum Gasteiger partial charge on any atom is 0.277 e. The fourth-order valence-corrected chi connectivity index (χ4v) is 3.97. The Labute approximate surface area is 178 Å². The number of amides is 1. The third-order valence-electron chi connectivity index (χ3n) is 4.44. The maximum atomic E-state index is 13.3. The van der Waals surface area contributed by atoms with Gasteiger partial charge in [-0.2, -0.15) is 5.10 Å². The van der Waals surface area contributed by atoms with Crippen molar-refractivity contribution in [3.63, 3.8) is 0 Å². The van der Waals surface area contributed by atoms with E-state index < -0.39 is 27.1 Å². The van der Waals surface area contributed by atoms with Crippen LogP contribution in [0.2, 0.25) is 0 Å². The Hall–Kier alpha value is -4.19. The monoisotopic (exact) mass is 438 g/mol. The van der Waals surface area contributed by atoms with Gasteiger partial charge in [0.2, 0.25) is 0 Å². The Morgan fingerprint density at radius 3 is 2.39 bits per heavy atom. The molecule has 1 amide bonds. The maximum absolute atomic E-state index is 13.3. The molecular formula is C19H14N6O5S. The van der Waals surface area contributed by atoms with Crippen molar-refractivity contribution < 1.29 is 14.6 Å². The number of carbonyl (C=O) groups is 1. The molecule has 2 heterocycles. The van der Waals surface area contributed by atoms with Crippen LogP contribution in [0.4, 0.5) is 16.5 Å². The van der Waals surface area contributed by atoms with E-state index in [4.69, 9.17) is 0 Å². The summed E-state index contributed by atoms with van der Waals surface area (Å²) in [5.41, 5.74) is -0.534. The summed E-state index contributed by atoms with van der Waals surface area (Å²) in [6.45, 7) is 0.502. The molecule has 0 aliphatic carbocycles. The summed E-state index contributed by atoms with van der Waals surface area (Å²) in [6, 6.07) is 12.0. The van der Waals surface area contributed by atoms with Crippen LogP contribution in [-0.4, -0.2) is 37.1 Å². The molecule has 0 atom stereocenters. The van der Waals surface area contributed by atoms with Gasteiger partial charge >= 0.3 is 0 Å². The Kier molecular flexibility index (Phi) is 5.37. The van der Waals surface area contributed by atoms with Crippen LogP contribution >= 0.6 is 11.3 Å². The minimum Gasteiger partial charge on any atom is -0.282 e. The number of fused-ring (bicyclic) bond motifs is 1. The molecule has 11 nitrogen and oxygen atoms in total. The Bertz CT molecular complexity index is 1220. The number of hydrogen-bond donors (Lipinski definition) is 0. The number of anilines is 1. The van der Waals surface area contributed by atoms with E-state index in [0.29, 0.717) is 17.2 Å². The van der Waals surface area contributed by atoms with E-state index in [-0.39, 0.29) is 12.1 Å². The minimum atomic E-state index is -0.768. The van der Waals surface area contributed by atoms with Crippen LogP contribution in [0.25, 0.3) is 10.2 Å². The molecule has 4 rings (SSSR count). The average Bonchev–Trinajstić information content (AvgIpc) is 3.43. The van der Waals surface area contributed by atoms with Gasteiger partial charge in [0.05, 0.1) is 38.2 Å². The van der Waals surface area contributed by atoms with Gasteiger partial charge < -0.3 is 0 Å². The zero-order chi connectivity index (χ0) is 22.0. The number of nitrogens with zero attached hydrogens (tertiary/aromatic N) is 6. The lowest BCUT2D eigenvalue weighted by atomic mass is 10.1. The zero-order valence-electron chi connectivity index (χ0n) is 15.8. The molecule has 0 aliphatic heterocycles. The van der Waals surface area contributed by atoms with Crippen molar-refractivity contribution in [3.8, 4) is 0 Å². The van der Waals surface area contributed by atoms with Crippen LogP contribution < -0.4 is 4.90 Å². The van der Waals surface area contributed by atoms with Crippen LogP contribution in [0.3, 0.4) is 0 Å². The highest BCUT2D eigenvalue weighted by atomic mass is 32.1. The van der Waals surface area contributed by atoms with E-state index in [1.54, 1.807) is 23.1 Å². The second kappa shape index (κ2) is 8.28. The number of thiazole rings is 1. The van der Waals surface area contributed by atoms with Gasteiger partial charge in [0.25, 0.3) is 17.3 Å². The van der Waals surface area contributed by atoms with Crippen molar-refractivity contribution in [2.24, 2.45) is 0 Å². The predicted molar refractivity (Wildman–Crippen MR) is 113 cm³/mol. The van der Waals surface area contributed by atoms with E-state index >= 15 is 0 Å². The van der Waals surface area contributed by atoms with Crippen molar-refractivity contribution in [1.82, 2.24) is 14.8 Å². The molecule has 2 aromatic carbocycles. The quantitative estimate of drug-likeness (QED) is 0.317. The lowest BCUT2D eigenvalue weighted by Crippen LogP contribution is -2.34. The number of nitro groups is 2. The standard InChI is InChI=1S/C19H14N6O5S/c26-18(13-10-14(24(27)28)12-15(11-13)25(29)30)23(9-8-22-7-3-6-20-22)19-21-16-4-1-2-5-17(16)31-19/h1-7,10-12H,8-9H2. The smallest absolute Gasteiger partial charge is 0.277 e. The summed E-state index contributed by atoms with van der Waals surface area (Å²) >= 11 is 1.28. The van der Waals surface area contributed by atoms with Gasteiger partial charge in [-0.25, -0.2) is 4.98 Å². The SMILES string of the molecule is O=C(c1cc([N+](=O)[O-])cc([N+](=O)[O-])c1)N(CCn1cccn1)c1nc2ccccc2s1. The number of hydrogen-bond acceptors (Lipinski definition) is 8. The highest BCUT2D eigenvalue weighted by Crippen LogP contribution is 2.31. The normalized spacial score (nSPS) is 10.8. The molecule has 31 heavy (non-hydrogen) atoms. The molecule has 2 aromatic heterocycles. The highest BCUT2D eigenvalue weighted by Gasteiger charge is 2.26. The molecule has 12 heteroatoms. The van der Waals surface area contributed by atoms with Crippen LogP contribution in [0, 0.1) is 20.2 Å². The second-order valence-electron chi connectivity index (χ2n) is 6.44. The van der Waals surface area contributed by atoms with Gasteiger partial charge in [-0.05, 0) is 18.2 Å². The summed E-state index contributed by atoms with van der Waals surface area (Å²) in [7, 11) is 0. The van der Waals surface area contributed by atoms with Crippen LogP contribution in [0.1, 0.15) is 10.4 Å². The zero-order valence-corrected chi connectivity index (χ0v) is 16.6. The number of rotatable bonds is 7. The molecule has 156 valence electrons. The van der Waals surface area contributed by atoms with E-state index in [1.165, 1.54) is 16.2 Å². The van der Waals surface area contributed by atoms with Crippen molar-refractivity contribution in [3.05, 3.63) is 86.7 Å². The van der Waals surface area contributed by atoms with Crippen molar-refractivity contribution >= 4 is 44.0 Å². The summed E-state index contributed by atoms with van der Waals surface area (Å²) in [5, 5.41) is 26.9. The first-order chi connectivity index (χ1) is 14.9. The number of aromatic nitrogens is 3. The number of para-hydroxylation sites is 1. The number of nitro benzene ring substituents is 2. The van der Waals surface area contributed by atoms with Crippen LogP contribution in [-0.2, 0) is 6.54 Å². The highest BCUT2D eigenvalue weighted by molar-refractivity contribution is 7.22. The summed E-state index contributed by atoms with van der Waals surface area (Å²) in [6.07, 6.45) is 3.34. The molecule has 4 aromatic rings. The van der Waals surface area contributed by atoms with E-state index in [1.807, 2.05) is 24.3 Å². The molecule has 0 N–H and O–H groups in total. The Morgan fingerprint density at radius 2 is 1.77 bits per heavy atom. The third-order valence-corrected chi connectivity index (χ3v) is 5.50. The van der Waals surface area contributed by atoms with Gasteiger partial charge in [0, 0.05) is 31.1 Å². The van der Waals surface area contributed by atoms with Crippen molar-refractivity contribution in [1.29, 1.82) is 0 Å². The van der Waals surface area contributed by atoms with Crippen molar-refractivity contribution in [2.45, 2.75) is 6.54 Å². The first-order valence-corrected chi connectivity index (χ1v) is 9.83. The van der Waals surface area contributed by atoms with Crippen LogP contribution in [0.5, 0.6) is 0 Å². The molecule has 0 unspecified atom stereocenters. The van der Waals surface area contributed by atoms with E-state index in [2.05, 4.69) is 10.1 Å². The number of non-ortho nitro benzene ring substituents is 2. The Balaban J connectivity index is 1.76. The first-order valence-electron chi connectivity index (χ1n) is 9.01. The largest absolute Gasteiger partial charge is 0.282 e. The lowest BCUT2D eigenvalue weighted by Gasteiger charge is -2.20. The van der Waals surface area contributed by atoms with Gasteiger partial charge in [-0.1, -0.05) is 23.5 Å². The molecular weight excluding hydrogens is 424 g/mol. The van der Waals surface area contributed by atoms with E-state index in [9.17, 15) is 25.0 Å². The lowest BCUT2D eigenvalue weighted by molar-refractivity contribution is -0.394. The second-order valence-corrected chi connectivity index (χ2v) is 7.45. The van der Waals surface area contributed by atoms with Crippen molar-refractivity contribution in [2.75, 3.05) is 11.4 Å². The molecule has 0 radical (unpaired) electrons. The number of carbonyl (C=O) groups excluding carboxylic acids is 1. The Morgan fingerprint density at radius 1 is 1.06 bits per heavy atom. The molecule has 0 bridgehead atoms. The van der Waals surface area contributed by atoms with Gasteiger partial charge in [-0.3, -0.25) is 34.6 Å². The topological polar surface area (TPSA) is 137 Å². The van der Waals surface area contributed by atoms with E-state index in [0.717, 1.165) is 22.9 Å². The minimum absolute atomic E-state index is 0.164. The molecule has 0 spiro atoms. The fraction of sp³-hybridized carbons (Fsp3) is 0.105. The van der Waals surface area contributed by atoms with Gasteiger partial charge in [0.1, 0.15) is 0 Å². The average molecular weight is 438 g/mol. The fourth-order valence-electron chi connectivity index (χ4n) is 2.98. The number of benzene rings is 2. The summed E-state index contributed by atoms with van der Waals surface area (Å²) in [5.74, 6) is -0.627. The van der Waals surface area contributed by atoms with Gasteiger partial charge in [0.15, 0.2) is 5.13 Å². The predicted octanol–water partition coefficient (Wildman–Crippen LogP) is 3.66. The summed E-state index contributed by atoms with van der Waals surface area (Å²) in [4.78, 5) is 40.1. The third kappa shape index (κ3) is 4.23. The molecule has 0 fully saturated rings. The molecule has 0 saturated heterocycles. The first kappa shape index (κ1) is 20.1. The molecule has 0 saturated carbocycles. The molecule has 0 aliphatic rings. The van der Waals surface area contributed by atoms with Gasteiger partial charge in [-0.15, -0.1) is 0 Å². The van der Waals surface area contributed by atoms with Crippen LogP contribution in [0.15, 0.2) is 60.9 Å².